The smallest absolute Gasteiger partial charge is 0.194 e. The van der Waals surface area contributed by atoms with Crippen LogP contribution in [0, 0.1) is 17.5 Å². The van der Waals surface area contributed by atoms with Gasteiger partial charge in [-0.05, 0) is 35.6 Å². The molecule has 2 aromatic carbocycles. The van der Waals surface area contributed by atoms with Crippen molar-refractivity contribution in [3.8, 4) is 0 Å². The summed E-state index contributed by atoms with van der Waals surface area (Å²) in [6, 6.07) is 8.11. The van der Waals surface area contributed by atoms with Gasteiger partial charge in [-0.15, -0.1) is 0 Å². The van der Waals surface area contributed by atoms with Crippen LogP contribution >= 0.6 is 0 Å². The molecule has 0 aromatic heterocycles. The molecule has 0 bridgehead atoms. The molecule has 1 heterocycles. The van der Waals surface area contributed by atoms with Crippen LogP contribution in [0.15, 0.2) is 30.3 Å². The lowest BCUT2D eigenvalue weighted by molar-refractivity contribution is 0.442. The quantitative estimate of drug-likeness (QED) is 0.816. The first-order valence-electron chi connectivity index (χ1n) is 6.64. The standard InChI is InChI=1S/C16H14F3N/c17-13-7-6-11(14(18)15(13)19)9-12-4-1-3-10-5-2-8-20-16(10)12/h1,3-4,6-7,20H,2,5,8-9H2. The maximum absolute atomic E-state index is 13.7. The lowest BCUT2D eigenvalue weighted by Crippen LogP contribution is -2.14. The Bertz CT molecular complexity index is 652. The number of hydrogen-bond donors (Lipinski definition) is 1. The number of halogens is 3. The van der Waals surface area contributed by atoms with E-state index >= 15 is 0 Å². The summed E-state index contributed by atoms with van der Waals surface area (Å²) in [6.45, 7) is 0.879. The van der Waals surface area contributed by atoms with Gasteiger partial charge in [0.25, 0.3) is 0 Å². The average Bonchev–Trinajstić information content (AvgIpc) is 2.48. The van der Waals surface area contributed by atoms with E-state index in [0.29, 0.717) is 0 Å². The van der Waals surface area contributed by atoms with Gasteiger partial charge in [-0.25, -0.2) is 13.2 Å². The molecule has 4 heteroatoms. The van der Waals surface area contributed by atoms with Crippen molar-refractivity contribution in [1.29, 1.82) is 0 Å². The van der Waals surface area contributed by atoms with Gasteiger partial charge in [-0.3, -0.25) is 0 Å². The van der Waals surface area contributed by atoms with E-state index in [4.69, 9.17) is 0 Å². The predicted octanol–water partition coefficient (Wildman–Crippen LogP) is 4.05. The number of anilines is 1. The Kier molecular flexibility index (Phi) is 3.38. The minimum absolute atomic E-state index is 0.171. The first-order valence-corrected chi connectivity index (χ1v) is 6.64. The van der Waals surface area contributed by atoms with Gasteiger partial charge in [0.1, 0.15) is 0 Å². The Morgan fingerprint density at radius 1 is 0.950 bits per heavy atom. The van der Waals surface area contributed by atoms with Crippen molar-refractivity contribution in [1.82, 2.24) is 0 Å². The second kappa shape index (κ2) is 5.19. The van der Waals surface area contributed by atoms with Crippen LogP contribution in [0.5, 0.6) is 0 Å². The van der Waals surface area contributed by atoms with Crippen molar-refractivity contribution in [3.63, 3.8) is 0 Å². The van der Waals surface area contributed by atoms with Crippen molar-refractivity contribution in [2.75, 3.05) is 11.9 Å². The van der Waals surface area contributed by atoms with Crippen molar-refractivity contribution in [3.05, 3.63) is 64.5 Å². The summed E-state index contributed by atoms with van der Waals surface area (Å²) in [5.41, 5.74) is 3.27. The molecule has 3 rings (SSSR count). The fourth-order valence-corrected chi connectivity index (χ4v) is 2.64. The molecule has 0 fully saturated rings. The Morgan fingerprint density at radius 2 is 1.80 bits per heavy atom. The van der Waals surface area contributed by atoms with Gasteiger partial charge in [0, 0.05) is 18.7 Å². The Hall–Kier alpha value is -1.97. The van der Waals surface area contributed by atoms with Crippen molar-refractivity contribution >= 4 is 5.69 Å². The fourth-order valence-electron chi connectivity index (χ4n) is 2.64. The maximum atomic E-state index is 13.7. The molecule has 0 unspecified atom stereocenters. The molecule has 0 aliphatic carbocycles. The molecule has 0 spiro atoms. The van der Waals surface area contributed by atoms with Crippen molar-refractivity contribution in [2.24, 2.45) is 0 Å². The highest BCUT2D eigenvalue weighted by Gasteiger charge is 2.17. The summed E-state index contributed by atoms with van der Waals surface area (Å²) in [5.74, 6) is -3.65. The lowest BCUT2D eigenvalue weighted by atomic mass is 9.95. The Morgan fingerprint density at radius 3 is 2.65 bits per heavy atom. The van der Waals surface area contributed by atoms with E-state index in [1.807, 2.05) is 18.2 Å². The number of benzene rings is 2. The van der Waals surface area contributed by atoms with E-state index in [1.165, 1.54) is 11.6 Å². The highest BCUT2D eigenvalue weighted by molar-refractivity contribution is 5.60. The van der Waals surface area contributed by atoms with Gasteiger partial charge in [0.05, 0.1) is 0 Å². The number of nitrogens with one attached hydrogen (secondary N) is 1. The molecule has 2 aromatic rings. The Labute approximate surface area is 115 Å². The molecule has 20 heavy (non-hydrogen) atoms. The highest BCUT2D eigenvalue weighted by atomic mass is 19.2. The van der Waals surface area contributed by atoms with Crippen LogP contribution in [0.4, 0.5) is 18.9 Å². The molecule has 1 aliphatic rings. The average molecular weight is 277 g/mol. The number of hydrogen-bond acceptors (Lipinski definition) is 1. The SMILES string of the molecule is Fc1ccc(Cc2cccc3c2NCCC3)c(F)c1F. The van der Waals surface area contributed by atoms with E-state index in [9.17, 15) is 13.2 Å². The van der Waals surface area contributed by atoms with Gasteiger partial charge in [-0.1, -0.05) is 24.3 Å². The first-order chi connectivity index (χ1) is 9.66. The number of para-hydroxylation sites is 1. The van der Waals surface area contributed by atoms with Gasteiger partial charge >= 0.3 is 0 Å². The van der Waals surface area contributed by atoms with Gasteiger partial charge < -0.3 is 5.32 Å². The van der Waals surface area contributed by atoms with E-state index in [-0.39, 0.29) is 12.0 Å². The zero-order chi connectivity index (χ0) is 14.1. The second-order valence-electron chi connectivity index (χ2n) is 4.99. The summed E-state index contributed by atoms with van der Waals surface area (Å²) in [7, 11) is 0. The number of aryl methyl sites for hydroxylation is 1. The third-order valence-corrected chi connectivity index (χ3v) is 3.66. The fraction of sp³-hybridized carbons (Fsp3) is 0.250. The summed E-state index contributed by atoms with van der Waals surface area (Å²) < 4.78 is 40.0. The topological polar surface area (TPSA) is 12.0 Å². The molecule has 0 saturated heterocycles. The second-order valence-corrected chi connectivity index (χ2v) is 4.99. The molecule has 0 radical (unpaired) electrons. The van der Waals surface area contributed by atoms with E-state index in [2.05, 4.69) is 5.32 Å². The molecule has 0 saturated carbocycles. The van der Waals surface area contributed by atoms with E-state index in [1.54, 1.807) is 0 Å². The van der Waals surface area contributed by atoms with Crippen LogP contribution in [0.2, 0.25) is 0 Å². The molecule has 1 N–H and O–H groups in total. The largest absolute Gasteiger partial charge is 0.385 e. The van der Waals surface area contributed by atoms with Crippen LogP contribution in [-0.4, -0.2) is 6.54 Å². The summed E-state index contributed by atoms with van der Waals surface area (Å²) >= 11 is 0. The van der Waals surface area contributed by atoms with Crippen LogP contribution in [0.3, 0.4) is 0 Å². The summed E-state index contributed by atoms with van der Waals surface area (Å²) in [6.07, 6.45) is 2.30. The summed E-state index contributed by atoms with van der Waals surface area (Å²) in [5, 5.41) is 3.31. The minimum atomic E-state index is -1.40. The number of rotatable bonds is 2. The van der Waals surface area contributed by atoms with Crippen LogP contribution in [0.1, 0.15) is 23.1 Å². The Balaban J connectivity index is 1.98. The van der Waals surface area contributed by atoms with E-state index < -0.39 is 17.5 Å². The lowest BCUT2D eigenvalue weighted by Gasteiger charge is -2.21. The molecule has 0 atom stereocenters. The number of fused-ring (bicyclic) bond motifs is 1. The first kappa shape index (κ1) is 13.0. The zero-order valence-electron chi connectivity index (χ0n) is 10.8. The molecule has 1 nitrogen and oxygen atoms in total. The molecule has 1 aliphatic heterocycles. The predicted molar refractivity (Wildman–Crippen MR) is 72.4 cm³/mol. The third kappa shape index (κ3) is 2.26. The van der Waals surface area contributed by atoms with Gasteiger partial charge in [0.2, 0.25) is 0 Å². The van der Waals surface area contributed by atoms with Gasteiger partial charge in [-0.2, -0.15) is 0 Å². The van der Waals surface area contributed by atoms with Crippen LogP contribution in [0.25, 0.3) is 0 Å². The molecule has 104 valence electrons. The monoisotopic (exact) mass is 277 g/mol. The van der Waals surface area contributed by atoms with E-state index in [0.717, 1.165) is 36.7 Å². The molecular formula is C16H14F3N. The normalized spacial score (nSPS) is 13.8. The van der Waals surface area contributed by atoms with Crippen molar-refractivity contribution in [2.45, 2.75) is 19.3 Å². The molecular weight excluding hydrogens is 263 g/mol. The van der Waals surface area contributed by atoms with Gasteiger partial charge in [0.15, 0.2) is 17.5 Å². The minimum Gasteiger partial charge on any atom is -0.385 e. The maximum Gasteiger partial charge on any atom is 0.194 e. The highest BCUT2D eigenvalue weighted by Crippen LogP contribution is 2.29. The van der Waals surface area contributed by atoms with Crippen LogP contribution < -0.4 is 5.32 Å². The molecule has 0 amide bonds. The summed E-state index contributed by atoms with van der Waals surface area (Å²) in [4.78, 5) is 0. The third-order valence-electron chi connectivity index (χ3n) is 3.66. The zero-order valence-corrected chi connectivity index (χ0v) is 10.8. The van der Waals surface area contributed by atoms with Crippen LogP contribution in [-0.2, 0) is 12.8 Å². The van der Waals surface area contributed by atoms with Crippen molar-refractivity contribution < 1.29 is 13.2 Å².